The summed E-state index contributed by atoms with van der Waals surface area (Å²) in [5.41, 5.74) is 2.90. The maximum absolute atomic E-state index is 12.0. The fraction of sp³-hybridized carbons (Fsp3) is 0.235. The molecule has 0 bridgehead atoms. The van der Waals surface area contributed by atoms with Crippen molar-refractivity contribution in [2.45, 2.75) is 13.8 Å². The van der Waals surface area contributed by atoms with Gasteiger partial charge in [0.05, 0.1) is 12.1 Å². The largest absolute Gasteiger partial charge is 0.492 e. The Labute approximate surface area is 133 Å². The monoisotopic (exact) mass is 347 g/mol. The molecule has 1 N–H and O–H groups in total. The zero-order valence-electron chi connectivity index (χ0n) is 12.2. The fourth-order valence-corrected chi connectivity index (χ4v) is 2.61. The van der Waals surface area contributed by atoms with E-state index < -0.39 is 0 Å². The number of carbonyl (C=O) groups is 1. The Kier molecular flexibility index (Phi) is 5.39. The van der Waals surface area contributed by atoms with Crippen LogP contribution in [0.4, 0.5) is 0 Å². The van der Waals surface area contributed by atoms with Gasteiger partial charge in [-0.05, 0) is 65.2 Å². The molecular formula is C17H18BrNO2. The number of ether oxygens (including phenoxy) is 1. The van der Waals surface area contributed by atoms with Crippen molar-refractivity contribution < 1.29 is 9.53 Å². The molecule has 0 aliphatic heterocycles. The first-order valence-corrected chi connectivity index (χ1v) is 7.59. The van der Waals surface area contributed by atoms with Gasteiger partial charge in [0, 0.05) is 4.47 Å². The molecule has 0 saturated carbocycles. The third-order valence-electron chi connectivity index (χ3n) is 3.02. The number of halogens is 1. The molecule has 0 unspecified atom stereocenters. The Morgan fingerprint density at radius 1 is 1.14 bits per heavy atom. The first-order valence-electron chi connectivity index (χ1n) is 6.80. The van der Waals surface area contributed by atoms with Crippen molar-refractivity contribution in [3.8, 4) is 5.75 Å². The summed E-state index contributed by atoms with van der Waals surface area (Å²) in [7, 11) is 0. The molecule has 2 rings (SSSR count). The zero-order valence-corrected chi connectivity index (χ0v) is 13.7. The molecule has 0 saturated heterocycles. The van der Waals surface area contributed by atoms with Crippen molar-refractivity contribution in [1.82, 2.24) is 5.32 Å². The van der Waals surface area contributed by atoms with E-state index in [1.54, 1.807) is 0 Å². The maximum atomic E-state index is 12.0. The van der Waals surface area contributed by atoms with E-state index >= 15 is 0 Å². The molecule has 0 spiro atoms. The first kappa shape index (κ1) is 15.6. The van der Waals surface area contributed by atoms with Gasteiger partial charge < -0.3 is 10.1 Å². The van der Waals surface area contributed by atoms with Gasteiger partial charge in [0.25, 0.3) is 5.91 Å². The van der Waals surface area contributed by atoms with Gasteiger partial charge in [0.1, 0.15) is 12.4 Å². The van der Waals surface area contributed by atoms with Crippen molar-refractivity contribution >= 4 is 21.8 Å². The van der Waals surface area contributed by atoms with Crippen molar-refractivity contribution in [2.24, 2.45) is 0 Å². The molecule has 0 fully saturated rings. The summed E-state index contributed by atoms with van der Waals surface area (Å²) in [5.74, 6) is 0.718. The Hall–Kier alpha value is -1.81. The number of rotatable bonds is 5. The van der Waals surface area contributed by atoms with Crippen LogP contribution >= 0.6 is 15.9 Å². The van der Waals surface area contributed by atoms with Crippen molar-refractivity contribution in [1.29, 1.82) is 0 Å². The Morgan fingerprint density at radius 3 is 2.62 bits per heavy atom. The highest BCUT2D eigenvalue weighted by Gasteiger charge is 2.09. The van der Waals surface area contributed by atoms with Crippen molar-refractivity contribution in [2.75, 3.05) is 13.2 Å². The molecule has 0 radical (unpaired) electrons. The van der Waals surface area contributed by atoms with Gasteiger partial charge in [-0.2, -0.15) is 0 Å². The van der Waals surface area contributed by atoms with Gasteiger partial charge in [-0.1, -0.05) is 18.2 Å². The van der Waals surface area contributed by atoms with E-state index in [1.165, 1.54) is 0 Å². The maximum Gasteiger partial charge on any atom is 0.252 e. The number of hydrogen-bond acceptors (Lipinski definition) is 2. The predicted octanol–water partition coefficient (Wildman–Crippen LogP) is 3.87. The summed E-state index contributed by atoms with van der Waals surface area (Å²) in [5, 5.41) is 2.85. The molecule has 1 amide bonds. The molecule has 0 heterocycles. The lowest BCUT2D eigenvalue weighted by Gasteiger charge is -2.09. The number of benzene rings is 2. The third kappa shape index (κ3) is 4.60. The van der Waals surface area contributed by atoms with Gasteiger partial charge in [-0.3, -0.25) is 4.79 Å². The van der Waals surface area contributed by atoms with E-state index in [0.717, 1.165) is 21.3 Å². The quantitative estimate of drug-likeness (QED) is 0.833. The smallest absolute Gasteiger partial charge is 0.252 e. The minimum atomic E-state index is -0.102. The average molecular weight is 348 g/mol. The highest BCUT2D eigenvalue weighted by Crippen LogP contribution is 2.18. The zero-order chi connectivity index (χ0) is 15.2. The number of hydrogen-bond donors (Lipinski definition) is 1. The van der Waals surface area contributed by atoms with E-state index in [0.29, 0.717) is 18.7 Å². The van der Waals surface area contributed by atoms with Gasteiger partial charge in [-0.25, -0.2) is 0 Å². The minimum absolute atomic E-state index is 0.102. The van der Waals surface area contributed by atoms with Gasteiger partial charge in [-0.15, -0.1) is 0 Å². The Bertz CT molecular complexity index is 640. The average Bonchev–Trinajstić information content (AvgIpc) is 2.43. The number of amides is 1. The van der Waals surface area contributed by atoms with E-state index in [4.69, 9.17) is 4.74 Å². The predicted molar refractivity (Wildman–Crippen MR) is 87.9 cm³/mol. The number of nitrogens with one attached hydrogen (secondary N) is 1. The highest BCUT2D eigenvalue weighted by atomic mass is 79.9. The summed E-state index contributed by atoms with van der Waals surface area (Å²) < 4.78 is 6.40. The van der Waals surface area contributed by atoms with E-state index in [1.807, 2.05) is 56.3 Å². The molecule has 110 valence electrons. The summed E-state index contributed by atoms with van der Waals surface area (Å²) >= 11 is 3.41. The standard InChI is InChI=1S/C17H18BrNO2/c1-12-4-3-5-14(10-12)21-9-8-19-17(20)15-7-6-13(2)11-16(15)18/h3-7,10-11H,8-9H2,1-2H3,(H,19,20). The van der Waals surface area contributed by atoms with Crippen LogP contribution in [0, 0.1) is 13.8 Å². The molecule has 21 heavy (non-hydrogen) atoms. The van der Waals surface area contributed by atoms with Gasteiger partial charge in [0.2, 0.25) is 0 Å². The van der Waals surface area contributed by atoms with Crippen LogP contribution in [0.25, 0.3) is 0 Å². The second kappa shape index (κ2) is 7.27. The van der Waals surface area contributed by atoms with Crippen molar-refractivity contribution in [3.05, 3.63) is 63.6 Å². The summed E-state index contributed by atoms with van der Waals surface area (Å²) in [4.78, 5) is 12.0. The molecule has 0 aromatic heterocycles. The summed E-state index contributed by atoms with van der Waals surface area (Å²) in [6.07, 6.45) is 0. The van der Waals surface area contributed by atoms with Crippen LogP contribution < -0.4 is 10.1 Å². The molecule has 4 heteroatoms. The van der Waals surface area contributed by atoms with Crippen LogP contribution in [0.1, 0.15) is 21.5 Å². The summed E-state index contributed by atoms with van der Waals surface area (Å²) in [6.45, 7) is 4.91. The van der Waals surface area contributed by atoms with Crippen LogP contribution in [0.5, 0.6) is 5.75 Å². The molecular weight excluding hydrogens is 330 g/mol. The lowest BCUT2D eigenvalue weighted by Crippen LogP contribution is -2.28. The second-order valence-electron chi connectivity index (χ2n) is 4.90. The lowest BCUT2D eigenvalue weighted by molar-refractivity contribution is 0.0946. The van der Waals surface area contributed by atoms with Crippen molar-refractivity contribution in [3.63, 3.8) is 0 Å². The Balaban J connectivity index is 1.82. The van der Waals surface area contributed by atoms with Crippen LogP contribution in [-0.4, -0.2) is 19.1 Å². The van der Waals surface area contributed by atoms with E-state index in [-0.39, 0.29) is 5.91 Å². The summed E-state index contributed by atoms with van der Waals surface area (Å²) in [6, 6.07) is 13.5. The van der Waals surface area contributed by atoms with Crippen LogP contribution in [0.15, 0.2) is 46.9 Å². The molecule has 0 aliphatic rings. The highest BCUT2D eigenvalue weighted by molar-refractivity contribution is 9.10. The third-order valence-corrected chi connectivity index (χ3v) is 3.67. The topological polar surface area (TPSA) is 38.3 Å². The molecule has 0 aliphatic carbocycles. The first-order chi connectivity index (χ1) is 10.1. The Morgan fingerprint density at radius 2 is 1.90 bits per heavy atom. The molecule has 2 aromatic rings. The van der Waals surface area contributed by atoms with Crippen LogP contribution in [0.3, 0.4) is 0 Å². The number of carbonyl (C=O) groups excluding carboxylic acids is 1. The molecule has 2 aromatic carbocycles. The molecule has 0 atom stereocenters. The fourth-order valence-electron chi connectivity index (χ4n) is 1.94. The van der Waals surface area contributed by atoms with Gasteiger partial charge in [0.15, 0.2) is 0 Å². The van der Waals surface area contributed by atoms with Crippen LogP contribution in [0.2, 0.25) is 0 Å². The second-order valence-corrected chi connectivity index (χ2v) is 5.76. The van der Waals surface area contributed by atoms with E-state index in [2.05, 4.69) is 21.2 Å². The van der Waals surface area contributed by atoms with Crippen LogP contribution in [-0.2, 0) is 0 Å². The SMILES string of the molecule is Cc1cccc(OCCNC(=O)c2ccc(C)cc2Br)c1. The number of aryl methyl sites for hydroxylation is 2. The normalized spacial score (nSPS) is 10.2. The molecule has 3 nitrogen and oxygen atoms in total. The lowest BCUT2D eigenvalue weighted by atomic mass is 10.1. The van der Waals surface area contributed by atoms with Gasteiger partial charge >= 0.3 is 0 Å². The van der Waals surface area contributed by atoms with E-state index in [9.17, 15) is 4.79 Å². The minimum Gasteiger partial charge on any atom is -0.492 e.